The predicted octanol–water partition coefficient (Wildman–Crippen LogP) is 2.64. The predicted molar refractivity (Wildman–Crippen MR) is 79.5 cm³/mol. The highest BCUT2D eigenvalue weighted by Crippen LogP contribution is 2.26. The molecule has 2 aromatic rings. The van der Waals surface area contributed by atoms with Gasteiger partial charge < -0.3 is 19.9 Å². The van der Waals surface area contributed by atoms with E-state index >= 15 is 0 Å². The summed E-state index contributed by atoms with van der Waals surface area (Å²) in [5.41, 5.74) is 7.60. The summed E-state index contributed by atoms with van der Waals surface area (Å²) in [4.78, 5) is 11.5. The molecule has 2 N–H and O–H groups in total. The first kappa shape index (κ1) is 14.7. The molecule has 2 aromatic carbocycles. The number of para-hydroxylation sites is 1. The topological polar surface area (TPSA) is 70.8 Å². The lowest BCUT2D eigenvalue weighted by Gasteiger charge is -2.12. The average molecular weight is 287 g/mol. The Hall–Kier alpha value is -2.69. The molecule has 5 heteroatoms. The highest BCUT2D eigenvalue weighted by atomic mass is 16.5. The number of anilines is 1. The molecule has 0 amide bonds. The zero-order valence-electron chi connectivity index (χ0n) is 12.0. The number of methoxy groups -OCH3 is 2. The molecule has 5 nitrogen and oxygen atoms in total. The summed E-state index contributed by atoms with van der Waals surface area (Å²) in [6.45, 7) is 0.291. The lowest BCUT2D eigenvalue weighted by atomic mass is 10.2. The fourth-order valence-electron chi connectivity index (χ4n) is 1.88. The van der Waals surface area contributed by atoms with Gasteiger partial charge >= 0.3 is 5.97 Å². The van der Waals surface area contributed by atoms with E-state index in [0.717, 1.165) is 11.3 Å². The van der Waals surface area contributed by atoms with Gasteiger partial charge in [-0.15, -0.1) is 0 Å². The van der Waals surface area contributed by atoms with Crippen molar-refractivity contribution in [1.29, 1.82) is 0 Å². The van der Waals surface area contributed by atoms with Crippen LogP contribution in [0.4, 0.5) is 5.69 Å². The fourth-order valence-corrected chi connectivity index (χ4v) is 1.88. The molecule has 0 aromatic heterocycles. The number of carbonyl (C=O) groups excluding carboxylic acids is 1. The minimum atomic E-state index is -0.433. The molecule has 110 valence electrons. The van der Waals surface area contributed by atoms with Crippen LogP contribution in [0, 0.1) is 0 Å². The van der Waals surface area contributed by atoms with Crippen molar-refractivity contribution in [3.8, 4) is 11.5 Å². The molecular formula is C16H17NO4. The van der Waals surface area contributed by atoms with Gasteiger partial charge in [0.05, 0.1) is 25.5 Å². The van der Waals surface area contributed by atoms with Crippen LogP contribution in [0.3, 0.4) is 0 Å². The second-order valence-electron chi connectivity index (χ2n) is 4.34. The van der Waals surface area contributed by atoms with Gasteiger partial charge in [0, 0.05) is 5.56 Å². The Kier molecular flexibility index (Phi) is 4.66. The third-order valence-corrected chi connectivity index (χ3v) is 3.01. The van der Waals surface area contributed by atoms with Crippen molar-refractivity contribution in [2.24, 2.45) is 0 Å². The Morgan fingerprint density at radius 1 is 1.10 bits per heavy atom. The molecule has 21 heavy (non-hydrogen) atoms. The average Bonchev–Trinajstić information content (AvgIpc) is 2.53. The maximum Gasteiger partial charge on any atom is 0.337 e. The lowest BCUT2D eigenvalue weighted by molar-refractivity contribution is 0.0600. The highest BCUT2D eigenvalue weighted by Gasteiger charge is 2.10. The minimum absolute atomic E-state index is 0.291. The Labute approximate surface area is 123 Å². The van der Waals surface area contributed by atoms with Gasteiger partial charge in [-0.3, -0.25) is 0 Å². The summed E-state index contributed by atoms with van der Waals surface area (Å²) in [6.07, 6.45) is 0. The summed E-state index contributed by atoms with van der Waals surface area (Å²) >= 11 is 0. The third kappa shape index (κ3) is 3.45. The molecule has 0 saturated carbocycles. The van der Waals surface area contributed by atoms with Crippen molar-refractivity contribution < 1.29 is 19.0 Å². The second kappa shape index (κ2) is 6.65. The number of carbonyl (C=O) groups is 1. The number of hydrogen-bond acceptors (Lipinski definition) is 5. The van der Waals surface area contributed by atoms with Gasteiger partial charge in [-0.05, 0) is 24.3 Å². The van der Waals surface area contributed by atoms with E-state index in [9.17, 15) is 4.79 Å². The van der Waals surface area contributed by atoms with E-state index in [1.54, 1.807) is 25.3 Å². The van der Waals surface area contributed by atoms with Gasteiger partial charge in [0.25, 0.3) is 0 Å². The number of rotatable bonds is 5. The second-order valence-corrected chi connectivity index (χ2v) is 4.34. The molecule has 0 saturated heterocycles. The van der Waals surface area contributed by atoms with Gasteiger partial charge in [0.2, 0.25) is 0 Å². The van der Waals surface area contributed by atoms with Crippen molar-refractivity contribution in [3.05, 3.63) is 53.6 Å². The van der Waals surface area contributed by atoms with Crippen molar-refractivity contribution in [3.63, 3.8) is 0 Å². The van der Waals surface area contributed by atoms with Crippen LogP contribution < -0.4 is 15.2 Å². The smallest absolute Gasteiger partial charge is 0.337 e. The maximum atomic E-state index is 11.5. The Balaban J connectivity index is 2.17. The van der Waals surface area contributed by atoms with Crippen LogP contribution in [-0.4, -0.2) is 20.2 Å². The van der Waals surface area contributed by atoms with E-state index < -0.39 is 5.97 Å². The number of hydrogen-bond donors (Lipinski definition) is 1. The Morgan fingerprint density at radius 3 is 2.57 bits per heavy atom. The maximum absolute atomic E-state index is 11.5. The largest absolute Gasteiger partial charge is 0.496 e. The van der Waals surface area contributed by atoms with Gasteiger partial charge in [0.1, 0.15) is 18.1 Å². The zero-order valence-corrected chi connectivity index (χ0v) is 12.0. The number of ether oxygens (including phenoxy) is 3. The van der Waals surface area contributed by atoms with Crippen LogP contribution in [0.5, 0.6) is 11.5 Å². The van der Waals surface area contributed by atoms with Crippen LogP contribution >= 0.6 is 0 Å². The molecule has 0 unspecified atom stereocenters. The molecule has 0 aliphatic rings. The van der Waals surface area contributed by atoms with Crippen LogP contribution in [0.1, 0.15) is 15.9 Å². The van der Waals surface area contributed by atoms with Crippen molar-refractivity contribution >= 4 is 11.7 Å². The number of benzene rings is 2. The molecule has 0 radical (unpaired) electrons. The molecular weight excluding hydrogens is 270 g/mol. The van der Waals surface area contributed by atoms with Crippen molar-refractivity contribution in [1.82, 2.24) is 0 Å². The van der Waals surface area contributed by atoms with Gasteiger partial charge in [-0.25, -0.2) is 4.79 Å². The molecule has 0 spiro atoms. The number of esters is 1. The standard InChI is InChI=1S/C16H17NO4/c1-19-14-6-4-3-5-12(14)10-21-15-9-11(16(18)20-2)7-8-13(15)17/h3-9H,10,17H2,1-2H3. The summed E-state index contributed by atoms with van der Waals surface area (Å²) in [5, 5.41) is 0. The first-order valence-electron chi connectivity index (χ1n) is 6.38. The molecule has 0 bridgehead atoms. The third-order valence-electron chi connectivity index (χ3n) is 3.01. The SMILES string of the molecule is COC(=O)c1ccc(N)c(OCc2ccccc2OC)c1. The molecule has 0 aliphatic heterocycles. The van der Waals surface area contributed by atoms with Crippen molar-refractivity contribution in [2.45, 2.75) is 6.61 Å². The van der Waals surface area contributed by atoms with E-state index in [1.165, 1.54) is 7.11 Å². The van der Waals surface area contributed by atoms with E-state index in [-0.39, 0.29) is 0 Å². The zero-order chi connectivity index (χ0) is 15.2. The van der Waals surface area contributed by atoms with Crippen LogP contribution in [0.15, 0.2) is 42.5 Å². The van der Waals surface area contributed by atoms with Crippen LogP contribution in [-0.2, 0) is 11.3 Å². The van der Waals surface area contributed by atoms with E-state index in [0.29, 0.717) is 23.6 Å². The van der Waals surface area contributed by atoms with Gasteiger partial charge in [-0.1, -0.05) is 18.2 Å². The van der Waals surface area contributed by atoms with Gasteiger partial charge in [0.15, 0.2) is 0 Å². The molecule has 0 atom stereocenters. The Morgan fingerprint density at radius 2 is 1.86 bits per heavy atom. The van der Waals surface area contributed by atoms with Crippen molar-refractivity contribution in [2.75, 3.05) is 20.0 Å². The monoisotopic (exact) mass is 287 g/mol. The first-order valence-corrected chi connectivity index (χ1v) is 6.38. The summed E-state index contributed by atoms with van der Waals surface area (Å²) < 4.78 is 15.6. The number of nitrogen functional groups attached to an aromatic ring is 1. The molecule has 2 rings (SSSR count). The Bertz CT molecular complexity index is 640. The lowest BCUT2D eigenvalue weighted by Crippen LogP contribution is -2.05. The number of nitrogens with two attached hydrogens (primary N) is 1. The molecule has 0 heterocycles. The van der Waals surface area contributed by atoms with E-state index in [1.807, 2.05) is 24.3 Å². The highest BCUT2D eigenvalue weighted by molar-refractivity contribution is 5.90. The molecule has 0 aliphatic carbocycles. The minimum Gasteiger partial charge on any atom is -0.496 e. The fraction of sp³-hybridized carbons (Fsp3) is 0.188. The van der Waals surface area contributed by atoms with E-state index in [4.69, 9.17) is 15.2 Å². The normalized spacial score (nSPS) is 10.0. The summed E-state index contributed by atoms with van der Waals surface area (Å²) in [6, 6.07) is 12.3. The first-order chi connectivity index (χ1) is 10.2. The summed E-state index contributed by atoms with van der Waals surface area (Å²) in [5.74, 6) is 0.737. The quantitative estimate of drug-likeness (QED) is 0.676. The van der Waals surface area contributed by atoms with Crippen LogP contribution in [0.2, 0.25) is 0 Å². The van der Waals surface area contributed by atoms with Crippen LogP contribution in [0.25, 0.3) is 0 Å². The summed E-state index contributed by atoms with van der Waals surface area (Å²) in [7, 11) is 2.93. The molecule has 0 fully saturated rings. The van der Waals surface area contributed by atoms with E-state index in [2.05, 4.69) is 4.74 Å². The van der Waals surface area contributed by atoms with Gasteiger partial charge in [-0.2, -0.15) is 0 Å².